The van der Waals surface area contributed by atoms with Crippen molar-refractivity contribution in [3.8, 4) is 5.75 Å². The minimum absolute atomic E-state index is 0.0355. The molecule has 8 heteroatoms. The van der Waals surface area contributed by atoms with Gasteiger partial charge in [-0.2, -0.15) is 0 Å². The van der Waals surface area contributed by atoms with Gasteiger partial charge in [0.2, 0.25) is 0 Å². The van der Waals surface area contributed by atoms with E-state index in [0.29, 0.717) is 0 Å². The van der Waals surface area contributed by atoms with E-state index in [1.807, 2.05) is 0 Å². The predicted octanol–water partition coefficient (Wildman–Crippen LogP) is -0.0869. The van der Waals surface area contributed by atoms with Crippen molar-refractivity contribution in [1.82, 2.24) is 5.32 Å². The fourth-order valence-corrected chi connectivity index (χ4v) is 1.99. The van der Waals surface area contributed by atoms with Gasteiger partial charge in [0.1, 0.15) is 12.3 Å². The van der Waals surface area contributed by atoms with Gasteiger partial charge in [-0.3, -0.25) is 9.59 Å². The van der Waals surface area contributed by atoms with Crippen molar-refractivity contribution >= 4 is 21.7 Å². The smallest absolute Gasteiger partial charge is 0.322 e. The highest BCUT2D eigenvalue weighted by Crippen LogP contribution is 2.22. The van der Waals surface area contributed by atoms with Crippen LogP contribution in [0, 0.1) is 0 Å². The number of hydrogen-bond donors (Lipinski definition) is 2. The number of methoxy groups -OCH3 is 1. The predicted molar refractivity (Wildman–Crippen MR) is 66.1 cm³/mol. The molecule has 0 heterocycles. The van der Waals surface area contributed by atoms with E-state index in [0.717, 1.165) is 12.3 Å². The largest absolute Gasteiger partial charge is 0.496 e. The van der Waals surface area contributed by atoms with Gasteiger partial charge in [-0.25, -0.2) is 8.42 Å². The summed E-state index contributed by atoms with van der Waals surface area (Å²) >= 11 is 0. The highest BCUT2D eigenvalue weighted by molar-refractivity contribution is 7.90. The molecule has 1 rings (SSSR count). The number of carboxylic acids is 1. The number of carbonyl (C=O) groups excluding carboxylic acids is 1. The van der Waals surface area contributed by atoms with Crippen LogP contribution in [0.2, 0.25) is 0 Å². The van der Waals surface area contributed by atoms with Gasteiger partial charge in [-0.15, -0.1) is 0 Å². The summed E-state index contributed by atoms with van der Waals surface area (Å²) in [4.78, 5) is 22.1. The van der Waals surface area contributed by atoms with E-state index in [2.05, 4.69) is 5.32 Å². The third-order valence-electron chi connectivity index (χ3n) is 2.24. The van der Waals surface area contributed by atoms with E-state index in [1.165, 1.54) is 19.2 Å². The molecule has 0 aliphatic carbocycles. The summed E-state index contributed by atoms with van der Waals surface area (Å²) in [6.07, 6.45) is 1.01. The number of carboxylic acid groups (broad SMARTS) is 1. The molecule has 0 unspecified atom stereocenters. The highest BCUT2D eigenvalue weighted by Gasteiger charge is 2.17. The molecule has 0 fully saturated rings. The number of aliphatic carboxylic acids is 1. The molecule has 0 aliphatic rings. The summed E-state index contributed by atoms with van der Waals surface area (Å²) in [5.74, 6) is -1.76. The molecular formula is C11H13NO6S. The van der Waals surface area contributed by atoms with Crippen molar-refractivity contribution in [1.29, 1.82) is 0 Å². The van der Waals surface area contributed by atoms with Gasteiger partial charge in [-0.1, -0.05) is 0 Å². The molecule has 0 saturated heterocycles. The van der Waals surface area contributed by atoms with Crippen LogP contribution < -0.4 is 10.1 Å². The summed E-state index contributed by atoms with van der Waals surface area (Å²) in [6, 6.07) is 3.79. The Morgan fingerprint density at radius 3 is 2.47 bits per heavy atom. The Labute approximate surface area is 110 Å². The Hall–Kier alpha value is -2.09. The van der Waals surface area contributed by atoms with Gasteiger partial charge in [-0.05, 0) is 18.2 Å². The molecular weight excluding hydrogens is 274 g/mol. The molecule has 0 spiro atoms. The first kappa shape index (κ1) is 15.0. The maximum atomic E-state index is 11.8. The molecule has 0 aliphatic heterocycles. The van der Waals surface area contributed by atoms with Crippen LogP contribution in [-0.4, -0.2) is 45.3 Å². The average molecular weight is 287 g/mol. The minimum Gasteiger partial charge on any atom is -0.496 e. The van der Waals surface area contributed by atoms with Crippen LogP contribution in [0.15, 0.2) is 23.1 Å². The zero-order chi connectivity index (χ0) is 14.6. The second kappa shape index (κ2) is 5.70. The number of nitrogens with one attached hydrogen (secondary N) is 1. The van der Waals surface area contributed by atoms with Gasteiger partial charge in [0.05, 0.1) is 17.6 Å². The first-order valence-electron chi connectivity index (χ1n) is 5.14. The molecule has 0 bridgehead atoms. The van der Waals surface area contributed by atoms with Crippen molar-refractivity contribution in [2.24, 2.45) is 0 Å². The van der Waals surface area contributed by atoms with Crippen LogP contribution >= 0.6 is 0 Å². The van der Waals surface area contributed by atoms with Crippen LogP contribution in [0.4, 0.5) is 0 Å². The van der Waals surface area contributed by atoms with Gasteiger partial charge < -0.3 is 15.2 Å². The number of carbonyl (C=O) groups is 2. The number of sulfone groups is 1. The van der Waals surface area contributed by atoms with Gasteiger partial charge in [0.25, 0.3) is 5.91 Å². The fraction of sp³-hybridized carbons (Fsp3) is 0.273. The molecule has 1 aromatic carbocycles. The second-order valence-corrected chi connectivity index (χ2v) is 5.73. The van der Waals surface area contributed by atoms with Crippen molar-refractivity contribution in [3.63, 3.8) is 0 Å². The third kappa shape index (κ3) is 3.95. The van der Waals surface area contributed by atoms with Crippen molar-refractivity contribution in [2.75, 3.05) is 19.9 Å². The summed E-state index contributed by atoms with van der Waals surface area (Å²) < 4.78 is 27.8. The van der Waals surface area contributed by atoms with Crippen LogP contribution in [0.5, 0.6) is 5.75 Å². The van der Waals surface area contributed by atoms with Crippen LogP contribution in [0.1, 0.15) is 10.4 Å². The van der Waals surface area contributed by atoms with Gasteiger partial charge in [0.15, 0.2) is 9.84 Å². The van der Waals surface area contributed by atoms with Crippen molar-refractivity contribution in [3.05, 3.63) is 23.8 Å². The number of amides is 1. The normalized spacial score (nSPS) is 10.8. The summed E-state index contributed by atoms with van der Waals surface area (Å²) in [5, 5.41) is 10.6. The number of benzene rings is 1. The minimum atomic E-state index is -3.47. The summed E-state index contributed by atoms with van der Waals surface area (Å²) in [6.45, 7) is -0.564. The second-order valence-electron chi connectivity index (χ2n) is 3.71. The molecule has 0 radical (unpaired) electrons. The van der Waals surface area contributed by atoms with Crippen LogP contribution in [0.3, 0.4) is 0 Å². The van der Waals surface area contributed by atoms with E-state index in [-0.39, 0.29) is 16.2 Å². The zero-order valence-electron chi connectivity index (χ0n) is 10.3. The first-order chi connectivity index (χ1) is 8.75. The monoisotopic (exact) mass is 287 g/mol. The number of ether oxygens (including phenoxy) is 1. The lowest BCUT2D eigenvalue weighted by molar-refractivity contribution is -0.135. The number of rotatable bonds is 5. The lowest BCUT2D eigenvalue weighted by Gasteiger charge is -2.09. The van der Waals surface area contributed by atoms with E-state index in [9.17, 15) is 18.0 Å². The maximum absolute atomic E-state index is 11.8. The molecule has 0 saturated carbocycles. The van der Waals surface area contributed by atoms with E-state index < -0.39 is 28.3 Å². The fourth-order valence-electron chi connectivity index (χ4n) is 1.35. The van der Waals surface area contributed by atoms with Gasteiger partial charge in [0, 0.05) is 6.26 Å². The zero-order valence-corrected chi connectivity index (χ0v) is 11.2. The van der Waals surface area contributed by atoms with Crippen LogP contribution in [0.25, 0.3) is 0 Å². The average Bonchev–Trinajstić information content (AvgIpc) is 2.33. The van der Waals surface area contributed by atoms with Crippen LogP contribution in [-0.2, 0) is 14.6 Å². The van der Waals surface area contributed by atoms with Gasteiger partial charge >= 0.3 is 5.97 Å². The Morgan fingerprint density at radius 1 is 1.37 bits per heavy atom. The van der Waals surface area contributed by atoms with Crippen molar-refractivity contribution in [2.45, 2.75) is 4.90 Å². The topological polar surface area (TPSA) is 110 Å². The molecule has 1 aromatic rings. The van der Waals surface area contributed by atoms with E-state index in [4.69, 9.17) is 9.84 Å². The molecule has 1 amide bonds. The quantitative estimate of drug-likeness (QED) is 0.783. The SMILES string of the molecule is COc1ccc(S(C)(=O)=O)cc1C(=O)NCC(=O)O. The lowest BCUT2D eigenvalue weighted by atomic mass is 10.2. The molecule has 0 atom stereocenters. The molecule has 104 valence electrons. The third-order valence-corrected chi connectivity index (χ3v) is 3.35. The Morgan fingerprint density at radius 2 is 2.00 bits per heavy atom. The standard InChI is InChI=1S/C11H13NO6S/c1-18-9-4-3-7(19(2,16)17)5-8(9)11(15)12-6-10(13)14/h3-5H,6H2,1-2H3,(H,12,15)(H,13,14). The molecule has 19 heavy (non-hydrogen) atoms. The molecule has 7 nitrogen and oxygen atoms in total. The first-order valence-corrected chi connectivity index (χ1v) is 7.03. The molecule has 2 N–H and O–H groups in total. The lowest BCUT2D eigenvalue weighted by Crippen LogP contribution is -2.29. The Kier molecular flexibility index (Phi) is 4.49. The highest BCUT2D eigenvalue weighted by atomic mass is 32.2. The Bertz CT molecular complexity index is 608. The Balaban J connectivity index is 3.16. The summed E-state index contributed by atoms with van der Waals surface area (Å²) in [5.41, 5.74) is -0.0355. The maximum Gasteiger partial charge on any atom is 0.322 e. The molecule has 0 aromatic heterocycles. The van der Waals surface area contributed by atoms with Crippen molar-refractivity contribution < 1.29 is 27.9 Å². The van der Waals surface area contributed by atoms with E-state index in [1.54, 1.807) is 0 Å². The summed E-state index contributed by atoms with van der Waals surface area (Å²) in [7, 11) is -2.14. The number of hydrogen-bond acceptors (Lipinski definition) is 5. The van der Waals surface area contributed by atoms with E-state index >= 15 is 0 Å².